The fraction of sp³-hybridized carbons (Fsp3) is 0.143. The predicted molar refractivity (Wildman–Crippen MR) is 67.5 cm³/mol. The minimum atomic E-state index is -1.30. The number of nitrogens with one attached hydrogen (secondary N) is 1. The number of halogens is 3. The highest BCUT2D eigenvalue weighted by Gasteiger charge is 2.12. The first-order chi connectivity index (χ1) is 9.56. The fourth-order valence-corrected chi connectivity index (χ4v) is 1.63. The van der Waals surface area contributed by atoms with E-state index in [-0.39, 0.29) is 12.1 Å². The Hall–Kier alpha value is -2.37. The Bertz CT molecular complexity index is 617. The topological polar surface area (TPSA) is 42.0 Å². The van der Waals surface area contributed by atoms with Crippen molar-refractivity contribution < 1.29 is 18.0 Å². The number of benzene rings is 1. The van der Waals surface area contributed by atoms with Crippen LogP contribution in [0.15, 0.2) is 36.7 Å². The molecular weight excluding hydrogens is 269 g/mol. The number of nitrogens with zero attached hydrogens (tertiary/aromatic N) is 1. The van der Waals surface area contributed by atoms with Crippen molar-refractivity contribution in [1.82, 2.24) is 4.98 Å². The number of anilines is 1. The predicted octanol–water partition coefficient (Wildman–Crippen LogP) is 3.07. The van der Waals surface area contributed by atoms with Gasteiger partial charge in [0.25, 0.3) is 0 Å². The molecule has 0 aliphatic carbocycles. The molecule has 1 aromatic carbocycles. The lowest BCUT2D eigenvalue weighted by Crippen LogP contribution is -2.14. The van der Waals surface area contributed by atoms with Crippen LogP contribution < -0.4 is 5.32 Å². The van der Waals surface area contributed by atoms with E-state index in [1.54, 1.807) is 24.5 Å². The Kier molecular flexibility index (Phi) is 4.34. The summed E-state index contributed by atoms with van der Waals surface area (Å²) in [6, 6.07) is 4.55. The largest absolute Gasteiger partial charge is 0.323 e. The first-order valence-corrected chi connectivity index (χ1v) is 5.89. The zero-order chi connectivity index (χ0) is 14.5. The fourth-order valence-electron chi connectivity index (χ4n) is 1.63. The van der Waals surface area contributed by atoms with E-state index in [1.807, 2.05) is 0 Å². The lowest BCUT2D eigenvalue weighted by atomic mass is 10.1. The van der Waals surface area contributed by atoms with Crippen LogP contribution in [0.2, 0.25) is 0 Å². The molecule has 104 valence electrons. The van der Waals surface area contributed by atoms with Crippen molar-refractivity contribution in [3.8, 4) is 0 Å². The molecule has 1 amide bonds. The smallest absolute Gasteiger partial charge is 0.224 e. The second-order valence-electron chi connectivity index (χ2n) is 4.16. The molecule has 3 nitrogen and oxygen atoms in total. The molecule has 1 aromatic heterocycles. The number of aromatic nitrogens is 1. The molecule has 1 N–H and O–H groups in total. The molecule has 0 unspecified atom stereocenters. The second-order valence-corrected chi connectivity index (χ2v) is 4.16. The van der Waals surface area contributed by atoms with Crippen LogP contribution in [0.25, 0.3) is 0 Å². The van der Waals surface area contributed by atoms with E-state index in [4.69, 9.17) is 0 Å². The zero-order valence-electron chi connectivity index (χ0n) is 10.4. The van der Waals surface area contributed by atoms with Crippen molar-refractivity contribution >= 4 is 11.6 Å². The molecule has 20 heavy (non-hydrogen) atoms. The van der Waals surface area contributed by atoms with Crippen LogP contribution in [0, 0.1) is 17.5 Å². The zero-order valence-corrected chi connectivity index (χ0v) is 10.4. The number of carbonyl (C=O) groups excluding carboxylic acids is 1. The average Bonchev–Trinajstić information content (AvgIpc) is 2.44. The summed E-state index contributed by atoms with van der Waals surface area (Å²) in [4.78, 5) is 15.5. The van der Waals surface area contributed by atoms with Gasteiger partial charge in [-0.15, -0.1) is 0 Å². The summed E-state index contributed by atoms with van der Waals surface area (Å²) >= 11 is 0. The molecule has 0 aliphatic heterocycles. The Morgan fingerprint density at radius 3 is 2.60 bits per heavy atom. The molecule has 0 saturated heterocycles. The monoisotopic (exact) mass is 280 g/mol. The molecule has 0 saturated carbocycles. The summed E-state index contributed by atoms with van der Waals surface area (Å²) in [5, 5.41) is 2.21. The number of pyridine rings is 1. The normalized spacial score (nSPS) is 10.3. The standard InChI is InChI=1S/C14H11F3N2O/c15-10-6-12(17)13(7-11(10)16)19-14(20)4-3-9-2-1-5-18-8-9/h1-2,5-8H,3-4H2,(H,19,20). The maximum absolute atomic E-state index is 13.3. The number of hydrogen-bond donors (Lipinski definition) is 1. The van der Waals surface area contributed by atoms with Crippen LogP contribution in [0.3, 0.4) is 0 Å². The third-order valence-electron chi connectivity index (χ3n) is 2.65. The average molecular weight is 280 g/mol. The highest BCUT2D eigenvalue weighted by molar-refractivity contribution is 5.90. The molecular formula is C14H11F3N2O. The number of amides is 1. The summed E-state index contributed by atoms with van der Waals surface area (Å²) in [6.07, 6.45) is 3.74. The molecule has 0 spiro atoms. The SMILES string of the molecule is O=C(CCc1cccnc1)Nc1cc(F)c(F)cc1F. The van der Waals surface area contributed by atoms with Gasteiger partial charge in [0.2, 0.25) is 5.91 Å². The summed E-state index contributed by atoms with van der Waals surface area (Å²) in [5.74, 6) is -4.01. The molecule has 0 aliphatic rings. The van der Waals surface area contributed by atoms with Crippen molar-refractivity contribution in [3.63, 3.8) is 0 Å². The maximum Gasteiger partial charge on any atom is 0.224 e. The van der Waals surface area contributed by atoms with E-state index in [2.05, 4.69) is 10.3 Å². The molecule has 0 radical (unpaired) electrons. The number of aryl methyl sites for hydroxylation is 1. The van der Waals surface area contributed by atoms with Crippen LogP contribution in [0.1, 0.15) is 12.0 Å². The van der Waals surface area contributed by atoms with Gasteiger partial charge in [0.15, 0.2) is 11.6 Å². The summed E-state index contributed by atoms with van der Waals surface area (Å²) in [7, 11) is 0. The van der Waals surface area contributed by atoms with Crippen LogP contribution in [0.4, 0.5) is 18.9 Å². The van der Waals surface area contributed by atoms with Crippen LogP contribution in [-0.2, 0) is 11.2 Å². The highest BCUT2D eigenvalue weighted by Crippen LogP contribution is 2.18. The van der Waals surface area contributed by atoms with E-state index in [0.717, 1.165) is 5.56 Å². The Labute approximate surface area is 113 Å². The molecule has 0 atom stereocenters. The van der Waals surface area contributed by atoms with Crippen molar-refractivity contribution in [2.24, 2.45) is 0 Å². The van der Waals surface area contributed by atoms with Gasteiger partial charge in [-0.1, -0.05) is 6.07 Å². The lowest BCUT2D eigenvalue weighted by Gasteiger charge is -2.07. The third kappa shape index (κ3) is 3.57. The van der Waals surface area contributed by atoms with Crippen molar-refractivity contribution in [2.45, 2.75) is 12.8 Å². The van der Waals surface area contributed by atoms with E-state index in [0.29, 0.717) is 18.6 Å². The van der Waals surface area contributed by atoms with Gasteiger partial charge < -0.3 is 5.32 Å². The van der Waals surface area contributed by atoms with Gasteiger partial charge in [0, 0.05) is 30.9 Å². The van der Waals surface area contributed by atoms with Crippen molar-refractivity contribution in [1.29, 1.82) is 0 Å². The first-order valence-electron chi connectivity index (χ1n) is 5.89. The molecule has 0 fully saturated rings. The van der Waals surface area contributed by atoms with Gasteiger partial charge in [-0.2, -0.15) is 0 Å². The van der Waals surface area contributed by atoms with Gasteiger partial charge in [-0.3, -0.25) is 9.78 Å². The number of hydrogen-bond acceptors (Lipinski definition) is 2. The third-order valence-corrected chi connectivity index (χ3v) is 2.65. The molecule has 2 rings (SSSR count). The van der Waals surface area contributed by atoms with Gasteiger partial charge in [0.1, 0.15) is 5.82 Å². The van der Waals surface area contributed by atoms with Crippen LogP contribution >= 0.6 is 0 Å². The second kappa shape index (κ2) is 6.18. The van der Waals surface area contributed by atoms with Crippen LogP contribution in [0.5, 0.6) is 0 Å². The quantitative estimate of drug-likeness (QED) is 0.874. The first kappa shape index (κ1) is 14.0. The van der Waals surface area contributed by atoms with Gasteiger partial charge in [0.05, 0.1) is 5.69 Å². The van der Waals surface area contributed by atoms with Gasteiger partial charge in [-0.05, 0) is 18.1 Å². The summed E-state index contributed by atoms with van der Waals surface area (Å²) < 4.78 is 39.0. The van der Waals surface area contributed by atoms with Crippen molar-refractivity contribution in [2.75, 3.05) is 5.32 Å². The van der Waals surface area contributed by atoms with Gasteiger partial charge in [-0.25, -0.2) is 13.2 Å². The molecule has 6 heteroatoms. The Morgan fingerprint density at radius 2 is 1.90 bits per heavy atom. The van der Waals surface area contributed by atoms with E-state index < -0.39 is 23.4 Å². The molecule has 0 bridgehead atoms. The minimum Gasteiger partial charge on any atom is -0.323 e. The number of carbonyl (C=O) groups is 1. The van der Waals surface area contributed by atoms with Crippen molar-refractivity contribution in [3.05, 3.63) is 59.7 Å². The Balaban J connectivity index is 1.97. The maximum atomic E-state index is 13.3. The Morgan fingerprint density at radius 1 is 1.15 bits per heavy atom. The van der Waals surface area contributed by atoms with E-state index >= 15 is 0 Å². The lowest BCUT2D eigenvalue weighted by molar-refractivity contribution is -0.116. The number of rotatable bonds is 4. The van der Waals surface area contributed by atoms with E-state index in [9.17, 15) is 18.0 Å². The highest BCUT2D eigenvalue weighted by atomic mass is 19.2. The van der Waals surface area contributed by atoms with Crippen LogP contribution in [-0.4, -0.2) is 10.9 Å². The van der Waals surface area contributed by atoms with E-state index in [1.165, 1.54) is 0 Å². The summed E-state index contributed by atoms with van der Waals surface area (Å²) in [6.45, 7) is 0. The molecule has 1 heterocycles. The van der Waals surface area contributed by atoms with Gasteiger partial charge >= 0.3 is 0 Å². The summed E-state index contributed by atoms with van der Waals surface area (Å²) in [5.41, 5.74) is 0.480. The molecule has 2 aromatic rings. The minimum absolute atomic E-state index is 0.0874.